The van der Waals surface area contributed by atoms with Gasteiger partial charge in [-0.05, 0) is 6.92 Å². The molecule has 96 valence electrons. The van der Waals surface area contributed by atoms with Crippen molar-refractivity contribution < 1.29 is 22.7 Å². The molecule has 1 amide bonds. The van der Waals surface area contributed by atoms with Crippen molar-refractivity contribution in [3.05, 3.63) is 0 Å². The maximum Gasteiger partial charge on any atom is 0.411 e. The van der Waals surface area contributed by atoms with Gasteiger partial charge in [0.05, 0.1) is 13.0 Å². The van der Waals surface area contributed by atoms with E-state index in [1.54, 1.807) is 7.05 Å². The van der Waals surface area contributed by atoms with Crippen molar-refractivity contribution in [1.29, 1.82) is 0 Å². The summed E-state index contributed by atoms with van der Waals surface area (Å²) in [5, 5.41) is 0.624. The number of halogens is 4. The van der Waals surface area contributed by atoms with Crippen molar-refractivity contribution >= 4 is 21.8 Å². The van der Waals surface area contributed by atoms with Gasteiger partial charge >= 0.3 is 6.18 Å². The third kappa shape index (κ3) is 7.05. The fourth-order valence-electron chi connectivity index (χ4n) is 0.873. The van der Waals surface area contributed by atoms with Gasteiger partial charge < -0.3 is 9.64 Å². The van der Waals surface area contributed by atoms with E-state index in [4.69, 9.17) is 0 Å². The van der Waals surface area contributed by atoms with Crippen LogP contribution in [0.5, 0.6) is 0 Å². The molecular weight excluding hydrogens is 291 g/mol. The molecule has 0 bridgehead atoms. The Morgan fingerprint density at radius 1 is 1.50 bits per heavy atom. The van der Waals surface area contributed by atoms with Crippen LogP contribution < -0.4 is 0 Å². The standard InChI is InChI=1S/C9H15BrF3NO2/c1-7(5-10)14(2)8(15)3-4-16-6-9(11,12)13/h7H,3-6H2,1-2H3. The minimum absolute atomic E-state index is 0.00937. The molecule has 0 radical (unpaired) electrons. The second-order valence-electron chi connectivity index (χ2n) is 3.43. The highest BCUT2D eigenvalue weighted by Gasteiger charge is 2.27. The van der Waals surface area contributed by atoms with Gasteiger partial charge in [0, 0.05) is 18.4 Å². The summed E-state index contributed by atoms with van der Waals surface area (Å²) in [6.45, 7) is 0.318. The molecule has 0 aromatic carbocycles. The molecule has 0 fully saturated rings. The molecule has 1 unspecified atom stereocenters. The molecule has 16 heavy (non-hydrogen) atoms. The van der Waals surface area contributed by atoms with E-state index < -0.39 is 12.8 Å². The quantitative estimate of drug-likeness (QED) is 0.556. The van der Waals surface area contributed by atoms with Gasteiger partial charge in [0.1, 0.15) is 6.61 Å². The summed E-state index contributed by atoms with van der Waals surface area (Å²) in [4.78, 5) is 12.9. The average Bonchev–Trinajstić information content (AvgIpc) is 2.20. The zero-order chi connectivity index (χ0) is 12.8. The average molecular weight is 306 g/mol. The number of carbonyl (C=O) groups excluding carboxylic acids is 1. The van der Waals surface area contributed by atoms with Gasteiger partial charge in [-0.3, -0.25) is 4.79 Å². The molecule has 1 atom stereocenters. The summed E-state index contributed by atoms with van der Waals surface area (Å²) in [6.07, 6.45) is -4.37. The van der Waals surface area contributed by atoms with E-state index in [1.807, 2.05) is 6.92 Å². The normalized spacial score (nSPS) is 13.6. The van der Waals surface area contributed by atoms with Crippen LogP contribution in [0.15, 0.2) is 0 Å². The Morgan fingerprint density at radius 2 is 2.06 bits per heavy atom. The van der Waals surface area contributed by atoms with Crippen molar-refractivity contribution in [2.45, 2.75) is 25.6 Å². The molecule has 0 aliphatic rings. The van der Waals surface area contributed by atoms with Crippen LogP contribution in [0.2, 0.25) is 0 Å². The summed E-state index contributed by atoms with van der Waals surface area (Å²) in [6, 6.07) is 0.00937. The number of rotatable bonds is 6. The first-order valence-corrected chi connectivity index (χ1v) is 5.86. The molecule has 0 spiro atoms. The van der Waals surface area contributed by atoms with Crippen molar-refractivity contribution in [3.63, 3.8) is 0 Å². The first-order chi connectivity index (χ1) is 7.28. The number of amides is 1. The smallest absolute Gasteiger partial charge is 0.372 e. The molecule has 7 heteroatoms. The molecule has 0 N–H and O–H groups in total. The minimum Gasteiger partial charge on any atom is -0.372 e. The fraction of sp³-hybridized carbons (Fsp3) is 0.889. The van der Waals surface area contributed by atoms with Gasteiger partial charge in [-0.1, -0.05) is 15.9 Å². The highest BCUT2D eigenvalue weighted by atomic mass is 79.9. The van der Waals surface area contributed by atoms with Crippen LogP contribution in [0.3, 0.4) is 0 Å². The molecular formula is C9H15BrF3NO2. The monoisotopic (exact) mass is 305 g/mol. The maximum atomic E-state index is 11.7. The van der Waals surface area contributed by atoms with Crippen molar-refractivity contribution in [2.75, 3.05) is 25.6 Å². The molecule has 0 aliphatic heterocycles. The highest BCUT2D eigenvalue weighted by Crippen LogP contribution is 2.14. The third-order valence-corrected chi connectivity index (χ3v) is 2.94. The van der Waals surface area contributed by atoms with Crippen LogP contribution in [0, 0.1) is 0 Å². The summed E-state index contributed by atoms with van der Waals surface area (Å²) in [7, 11) is 1.61. The fourth-order valence-corrected chi connectivity index (χ4v) is 1.31. The number of ether oxygens (including phenoxy) is 1. The lowest BCUT2D eigenvalue weighted by Gasteiger charge is -2.23. The Hall–Kier alpha value is -0.300. The Bertz CT molecular complexity index is 223. The highest BCUT2D eigenvalue weighted by molar-refractivity contribution is 9.09. The van der Waals surface area contributed by atoms with Gasteiger partial charge in [-0.2, -0.15) is 13.2 Å². The predicted octanol–water partition coefficient (Wildman–Crippen LogP) is 2.20. The molecule has 0 heterocycles. The van der Waals surface area contributed by atoms with Crippen LogP contribution in [-0.4, -0.2) is 48.6 Å². The lowest BCUT2D eigenvalue weighted by molar-refractivity contribution is -0.175. The van der Waals surface area contributed by atoms with Gasteiger partial charge in [0.2, 0.25) is 5.91 Å². The molecule has 0 aromatic heterocycles. The van der Waals surface area contributed by atoms with Crippen molar-refractivity contribution in [2.24, 2.45) is 0 Å². The zero-order valence-electron chi connectivity index (χ0n) is 9.18. The number of hydrogen-bond acceptors (Lipinski definition) is 2. The van der Waals surface area contributed by atoms with Gasteiger partial charge in [-0.25, -0.2) is 0 Å². The maximum absolute atomic E-state index is 11.7. The lowest BCUT2D eigenvalue weighted by atomic mass is 10.3. The van der Waals surface area contributed by atoms with Gasteiger partial charge in [-0.15, -0.1) is 0 Å². The third-order valence-electron chi connectivity index (χ3n) is 2.00. The van der Waals surface area contributed by atoms with E-state index in [-0.39, 0.29) is 25.0 Å². The molecule has 0 saturated heterocycles. The SMILES string of the molecule is CC(CBr)N(C)C(=O)CCOCC(F)(F)F. The Morgan fingerprint density at radius 3 is 2.50 bits per heavy atom. The number of nitrogens with zero attached hydrogens (tertiary/aromatic N) is 1. The first-order valence-electron chi connectivity index (χ1n) is 4.74. The van der Waals surface area contributed by atoms with Crippen molar-refractivity contribution in [3.8, 4) is 0 Å². The first kappa shape index (κ1) is 15.7. The zero-order valence-corrected chi connectivity index (χ0v) is 10.8. The Kier molecular flexibility index (Phi) is 6.98. The van der Waals surface area contributed by atoms with E-state index in [0.29, 0.717) is 5.33 Å². The summed E-state index contributed by atoms with van der Waals surface area (Å²) < 4.78 is 39.4. The second kappa shape index (κ2) is 7.11. The van der Waals surface area contributed by atoms with Crippen LogP contribution in [0.4, 0.5) is 13.2 Å². The molecule has 0 rings (SSSR count). The van der Waals surface area contributed by atoms with E-state index in [1.165, 1.54) is 4.90 Å². The van der Waals surface area contributed by atoms with E-state index in [2.05, 4.69) is 20.7 Å². The van der Waals surface area contributed by atoms with Crippen molar-refractivity contribution in [1.82, 2.24) is 4.90 Å². The van der Waals surface area contributed by atoms with Gasteiger partial charge in [0.25, 0.3) is 0 Å². The molecule has 0 saturated carbocycles. The van der Waals surface area contributed by atoms with E-state index >= 15 is 0 Å². The number of alkyl halides is 4. The summed E-state index contributed by atoms with van der Waals surface area (Å²) >= 11 is 3.22. The van der Waals surface area contributed by atoms with Crippen LogP contribution in [0.25, 0.3) is 0 Å². The van der Waals surface area contributed by atoms with Crippen LogP contribution in [0.1, 0.15) is 13.3 Å². The number of carbonyl (C=O) groups is 1. The molecule has 0 aliphatic carbocycles. The minimum atomic E-state index is -4.34. The summed E-state index contributed by atoms with van der Waals surface area (Å²) in [5.74, 6) is -0.228. The molecule has 0 aromatic rings. The summed E-state index contributed by atoms with van der Waals surface area (Å²) in [5.41, 5.74) is 0. The van der Waals surface area contributed by atoms with E-state index in [9.17, 15) is 18.0 Å². The largest absolute Gasteiger partial charge is 0.411 e. The van der Waals surface area contributed by atoms with Crippen LogP contribution >= 0.6 is 15.9 Å². The topological polar surface area (TPSA) is 29.5 Å². The van der Waals surface area contributed by atoms with Gasteiger partial charge in [0.15, 0.2) is 0 Å². The Labute approximate surface area is 101 Å². The second-order valence-corrected chi connectivity index (χ2v) is 4.07. The van der Waals surface area contributed by atoms with E-state index in [0.717, 1.165) is 0 Å². The van der Waals surface area contributed by atoms with Crippen LogP contribution in [-0.2, 0) is 9.53 Å². The predicted molar refractivity (Wildman–Crippen MR) is 57.5 cm³/mol. The molecule has 3 nitrogen and oxygen atoms in total. The number of hydrogen-bond donors (Lipinski definition) is 0. The lowest BCUT2D eigenvalue weighted by Crippen LogP contribution is -2.36. The Balaban J connectivity index is 3.74.